The van der Waals surface area contributed by atoms with Crippen molar-refractivity contribution in [3.8, 4) is 11.3 Å². The minimum atomic E-state index is 0.996. The number of aryl methyl sites for hydroxylation is 2. The summed E-state index contributed by atoms with van der Waals surface area (Å²) in [6.45, 7) is 4.46. The second kappa shape index (κ2) is 7.68. The molecule has 0 spiro atoms. The van der Waals surface area contributed by atoms with Gasteiger partial charge in [0.25, 0.3) is 0 Å². The molecule has 0 saturated heterocycles. The minimum Gasteiger partial charge on any atom is -0.298 e. The fraction of sp³-hybridized carbons (Fsp3) is 0.121. The normalized spacial score (nSPS) is 11.9. The molecule has 0 N–H and O–H groups in total. The van der Waals surface area contributed by atoms with Crippen molar-refractivity contribution in [1.82, 2.24) is 9.38 Å². The van der Waals surface area contributed by atoms with E-state index in [4.69, 9.17) is 4.98 Å². The first-order chi connectivity index (χ1) is 17.3. The summed E-state index contributed by atoms with van der Waals surface area (Å²) in [5.74, 6) is 0. The molecule has 2 heteroatoms. The third-order valence-corrected chi connectivity index (χ3v) is 7.52. The average molecular weight is 451 g/mol. The second-order valence-electron chi connectivity index (χ2n) is 9.40. The molecule has 0 unspecified atom stereocenters. The van der Waals surface area contributed by atoms with Crippen molar-refractivity contribution in [2.45, 2.75) is 26.7 Å². The van der Waals surface area contributed by atoms with Crippen LogP contribution in [-0.2, 0) is 12.8 Å². The SMILES string of the molecule is CCc1cccc(CC)c1-c1cn2c3ccc4cc5ccccc5cc4c3c3ccccc3c2n1. The molecule has 0 amide bonds. The summed E-state index contributed by atoms with van der Waals surface area (Å²) in [4.78, 5) is 5.27. The second-order valence-corrected chi connectivity index (χ2v) is 9.40. The van der Waals surface area contributed by atoms with Crippen molar-refractivity contribution in [2.24, 2.45) is 0 Å². The van der Waals surface area contributed by atoms with Crippen LogP contribution in [0.3, 0.4) is 0 Å². The van der Waals surface area contributed by atoms with Crippen molar-refractivity contribution in [1.29, 1.82) is 0 Å². The average Bonchev–Trinajstić information content (AvgIpc) is 3.36. The Bertz CT molecular complexity index is 1900. The van der Waals surface area contributed by atoms with Gasteiger partial charge in [0, 0.05) is 22.5 Å². The molecule has 0 fully saturated rings. The Kier molecular flexibility index (Phi) is 4.44. The number of hydrogen-bond donors (Lipinski definition) is 0. The number of imidazole rings is 1. The zero-order valence-corrected chi connectivity index (χ0v) is 20.0. The molecule has 2 heterocycles. The lowest BCUT2D eigenvalue weighted by Crippen LogP contribution is -1.94. The van der Waals surface area contributed by atoms with Crippen molar-refractivity contribution in [3.63, 3.8) is 0 Å². The van der Waals surface area contributed by atoms with Crippen molar-refractivity contribution in [2.75, 3.05) is 0 Å². The van der Waals surface area contributed by atoms with Crippen LogP contribution in [-0.4, -0.2) is 9.38 Å². The molecule has 7 aromatic rings. The molecule has 0 bridgehead atoms. The molecule has 2 aromatic heterocycles. The lowest BCUT2D eigenvalue weighted by Gasteiger charge is -2.12. The summed E-state index contributed by atoms with van der Waals surface area (Å²) >= 11 is 0. The van der Waals surface area contributed by atoms with E-state index in [1.54, 1.807) is 0 Å². The highest BCUT2D eigenvalue weighted by atomic mass is 15.0. The van der Waals surface area contributed by atoms with Gasteiger partial charge in [-0.3, -0.25) is 4.40 Å². The smallest absolute Gasteiger partial charge is 0.145 e. The number of rotatable bonds is 3. The molecule has 0 aliphatic carbocycles. The summed E-state index contributed by atoms with van der Waals surface area (Å²) in [6.07, 6.45) is 4.25. The third kappa shape index (κ3) is 2.93. The predicted octanol–water partition coefficient (Wildman–Crippen LogP) is 8.74. The monoisotopic (exact) mass is 450 g/mol. The van der Waals surface area contributed by atoms with E-state index < -0.39 is 0 Å². The van der Waals surface area contributed by atoms with E-state index >= 15 is 0 Å². The maximum absolute atomic E-state index is 5.27. The lowest BCUT2D eigenvalue weighted by atomic mass is 9.95. The van der Waals surface area contributed by atoms with Gasteiger partial charge in [-0.15, -0.1) is 0 Å². The molecule has 0 aliphatic rings. The van der Waals surface area contributed by atoms with Crippen LogP contribution in [0.25, 0.3) is 60.1 Å². The Morgan fingerprint density at radius 1 is 0.629 bits per heavy atom. The van der Waals surface area contributed by atoms with Gasteiger partial charge < -0.3 is 0 Å². The fourth-order valence-corrected chi connectivity index (χ4v) is 5.83. The zero-order chi connectivity index (χ0) is 23.5. The Hall–Kier alpha value is -4.17. The molecular formula is C33H26N2. The van der Waals surface area contributed by atoms with Gasteiger partial charge in [-0.05, 0) is 69.1 Å². The maximum Gasteiger partial charge on any atom is 0.145 e. The first kappa shape index (κ1) is 20.2. The van der Waals surface area contributed by atoms with Crippen molar-refractivity contribution >= 4 is 48.9 Å². The molecular weight excluding hydrogens is 424 g/mol. The number of pyridine rings is 1. The van der Waals surface area contributed by atoms with Gasteiger partial charge >= 0.3 is 0 Å². The van der Waals surface area contributed by atoms with Crippen molar-refractivity contribution in [3.05, 3.63) is 108 Å². The third-order valence-electron chi connectivity index (χ3n) is 7.52. The molecule has 0 aliphatic heterocycles. The van der Waals surface area contributed by atoms with Crippen LogP contribution in [0.15, 0.2) is 97.2 Å². The van der Waals surface area contributed by atoms with E-state index in [2.05, 4.69) is 115 Å². The zero-order valence-electron chi connectivity index (χ0n) is 20.0. The van der Waals surface area contributed by atoms with Crippen LogP contribution in [0.2, 0.25) is 0 Å². The molecule has 5 aromatic carbocycles. The maximum atomic E-state index is 5.27. The first-order valence-corrected chi connectivity index (χ1v) is 12.5. The van der Waals surface area contributed by atoms with Gasteiger partial charge in [-0.2, -0.15) is 0 Å². The number of benzene rings is 5. The van der Waals surface area contributed by atoms with Gasteiger partial charge in [-0.1, -0.05) is 86.6 Å². The molecule has 35 heavy (non-hydrogen) atoms. The van der Waals surface area contributed by atoms with E-state index in [1.807, 2.05) is 0 Å². The van der Waals surface area contributed by atoms with E-state index in [-0.39, 0.29) is 0 Å². The van der Waals surface area contributed by atoms with Crippen LogP contribution in [0.4, 0.5) is 0 Å². The Labute approximate surface area is 204 Å². The predicted molar refractivity (Wildman–Crippen MR) is 149 cm³/mol. The number of nitrogens with zero attached hydrogens (tertiary/aromatic N) is 2. The Morgan fingerprint density at radius 2 is 1.31 bits per heavy atom. The highest BCUT2D eigenvalue weighted by Crippen LogP contribution is 2.38. The molecule has 0 radical (unpaired) electrons. The van der Waals surface area contributed by atoms with Crippen molar-refractivity contribution < 1.29 is 0 Å². The van der Waals surface area contributed by atoms with Crippen LogP contribution in [0.5, 0.6) is 0 Å². The van der Waals surface area contributed by atoms with Crippen LogP contribution >= 0.6 is 0 Å². The van der Waals surface area contributed by atoms with Crippen LogP contribution in [0, 0.1) is 0 Å². The number of aromatic nitrogens is 2. The van der Waals surface area contributed by atoms with Gasteiger partial charge in [0.15, 0.2) is 0 Å². The molecule has 7 rings (SSSR count). The van der Waals surface area contributed by atoms with E-state index in [1.165, 1.54) is 59.9 Å². The minimum absolute atomic E-state index is 0.996. The topological polar surface area (TPSA) is 17.3 Å². The number of hydrogen-bond acceptors (Lipinski definition) is 1. The summed E-state index contributed by atoms with van der Waals surface area (Å²) in [7, 11) is 0. The van der Waals surface area contributed by atoms with Gasteiger partial charge in [0.05, 0.1) is 11.2 Å². The van der Waals surface area contributed by atoms with Crippen LogP contribution in [0.1, 0.15) is 25.0 Å². The largest absolute Gasteiger partial charge is 0.298 e. The highest BCUT2D eigenvalue weighted by molar-refractivity contribution is 6.23. The number of fused-ring (bicyclic) bond motifs is 9. The summed E-state index contributed by atoms with van der Waals surface area (Å²) in [5, 5.41) is 8.85. The van der Waals surface area contributed by atoms with Gasteiger partial charge in [0.2, 0.25) is 0 Å². The molecule has 0 saturated carbocycles. The standard InChI is InChI=1S/C33H26N2/c1-3-21-12-9-13-22(4-2)31(21)29-20-35-30-17-16-25-18-23-10-5-6-11-24(23)19-28(25)32(30)26-14-7-8-15-27(26)33(35)34-29/h5-20H,3-4H2,1-2H3. The lowest BCUT2D eigenvalue weighted by molar-refractivity contribution is 1.09. The molecule has 2 nitrogen and oxygen atoms in total. The van der Waals surface area contributed by atoms with E-state index in [0.717, 1.165) is 24.2 Å². The molecule has 168 valence electrons. The molecule has 0 atom stereocenters. The Morgan fingerprint density at radius 3 is 2.06 bits per heavy atom. The van der Waals surface area contributed by atoms with Gasteiger partial charge in [0.1, 0.15) is 5.65 Å². The quantitative estimate of drug-likeness (QED) is 0.194. The highest BCUT2D eigenvalue weighted by Gasteiger charge is 2.17. The fourth-order valence-electron chi connectivity index (χ4n) is 5.83. The first-order valence-electron chi connectivity index (χ1n) is 12.5. The van der Waals surface area contributed by atoms with E-state index in [9.17, 15) is 0 Å². The van der Waals surface area contributed by atoms with Crippen LogP contribution < -0.4 is 0 Å². The van der Waals surface area contributed by atoms with E-state index in [0.29, 0.717) is 0 Å². The summed E-state index contributed by atoms with van der Waals surface area (Å²) in [6, 6.07) is 33.2. The Balaban J connectivity index is 1.66. The summed E-state index contributed by atoms with van der Waals surface area (Å²) < 4.78 is 2.31. The summed E-state index contributed by atoms with van der Waals surface area (Å²) in [5.41, 5.74) is 7.31. The van der Waals surface area contributed by atoms with Gasteiger partial charge in [-0.25, -0.2) is 4.98 Å².